The van der Waals surface area contributed by atoms with Crippen molar-refractivity contribution in [1.29, 1.82) is 0 Å². The monoisotopic (exact) mass is 197 g/mol. The number of allylic oxidation sites excluding steroid dienone is 3. The van der Waals surface area contributed by atoms with E-state index in [4.69, 9.17) is 10.8 Å². The van der Waals surface area contributed by atoms with E-state index in [1.165, 1.54) is 0 Å². The summed E-state index contributed by atoms with van der Waals surface area (Å²) in [5.74, 6) is -0.652. The van der Waals surface area contributed by atoms with Gasteiger partial charge in [0.25, 0.3) is 0 Å². The van der Waals surface area contributed by atoms with Gasteiger partial charge in [-0.15, -0.1) is 0 Å². The molecule has 3 nitrogen and oxygen atoms in total. The van der Waals surface area contributed by atoms with Crippen molar-refractivity contribution in [3.05, 3.63) is 23.9 Å². The minimum atomic E-state index is -0.985. The van der Waals surface area contributed by atoms with E-state index in [0.717, 1.165) is 12.5 Å². The van der Waals surface area contributed by atoms with E-state index in [0.29, 0.717) is 5.70 Å². The van der Waals surface area contributed by atoms with Gasteiger partial charge in [0, 0.05) is 17.7 Å². The second-order valence-corrected chi connectivity index (χ2v) is 3.47. The molecule has 0 fully saturated rings. The third-order valence-corrected chi connectivity index (χ3v) is 2.28. The number of hydrogen-bond donors (Lipinski definition) is 2. The topological polar surface area (TPSA) is 63.3 Å². The quantitative estimate of drug-likeness (QED) is 0.524. The third-order valence-electron chi connectivity index (χ3n) is 2.28. The molecule has 2 atom stereocenters. The first-order chi connectivity index (χ1) is 6.49. The molecule has 0 aliphatic rings. The predicted molar refractivity (Wildman–Crippen MR) is 57.7 cm³/mol. The van der Waals surface area contributed by atoms with Gasteiger partial charge in [-0.2, -0.15) is 0 Å². The van der Waals surface area contributed by atoms with E-state index >= 15 is 0 Å². The van der Waals surface area contributed by atoms with Gasteiger partial charge in [-0.1, -0.05) is 32.9 Å². The number of nitrogens with two attached hydrogens (primary N) is 1. The molecule has 0 aromatic heterocycles. The number of carboxylic acids is 1. The summed E-state index contributed by atoms with van der Waals surface area (Å²) in [6.07, 6.45) is 6.18. The first-order valence-corrected chi connectivity index (χ1v) is 4.85. The summed E-state index contributed by atoms with van der Waals surface area (Å²) in [4.78, 5) is 10.4. The molecular weight excluding hydrogens is 178 g/mol. The van der Waals surface area contributed by atoms with Gasteiger partial charge >= 0.3 is 5.97 Å². The molecule has 0 rings (SSSR count). The average molecular weight is 197 g/mol. The summed E-state index contributed by atoms with van der Waals surface area (Å²) in [7, 11) is 0. The molecule has 0 aliphatic carbocycles. The molecule has 0 aliphatic heterocycles. The van der Waals surface area contributed by atoms with E-state index in [-0.39, 0.29) is 11.8 Å². The number of carbonyl (C=O) groups is 1. The van der Waals surface area contributed by atoms with Crippen molar-refractivity contribution in [2.45, 2.75) is 27.2 Å². The summed E-state index contributed by atoms with van der Waals surface area (Å²) in [5, 5.41) is 8.52. The van der Waals surface area contributed by atoms with Crippen LogP contribution < -0.4 is 5.73 Å². The minimum Gasteiger partial charge on any atom is -0.478 e. The van der Waals surface area contributed by atoms with Crippen LogP contribution in [0.3, 0.4) is 0 Å². The first-order valence-electron chi connectivity index (χ1n) is 4.85. The van der Waals surface area contributed by atoms with Crippen LogP contribution in [0.1, 0.15) is 27.2 Å². The van der Waals surface area contributed by atoms with Crippen molar-refractivity contribution in [2.75, 3.05) is 0 Å². The molecule has 0 aromatic rings. The van der Waals surface area contributed by atoms with Crippen LogP contribution in [-0.4, -0.2) is 11.1 Å². The number of hydrogen-bond acceptors (Lipinski definition) is 2. The molecule has 0 aromatic carbocycles. The average Bonchev–Trinajstić information content (AvgIpc) is 2.11. The Hall–Kier alpha value is -1.25. The zero-order chi connectivity index (χ0) is 11.1. The molecule has 3 heteroatoms. The molecule has 0 spiro atoms. The Morgan fingerprint density at radius 1 is 1.50 bits per heavy atom. The summed E-state index contributed by atoms with van der Waals surface area (Å²) < 4.78 is 0. The van der Waals surface area contributed by atoms with Crippen molar-refractivity contribution >= 4 is 5.97 Å². The van der Waals surface area contributed by atoms with E-state index in [2.05, 4.69) is 19.1 Å². The van der Waals surface area contributed by atoms with Gasteiger partial charge in [0.1, 0.15) is 0 Å². The fraction of sp³-hybridized carbons (Fsp3) is 0.545. The lowest BCUT2D eigenvalue weighted by Gasteiger charge is -2.16. The van der Waals surface area contributed by atoms with Crippen LogP contribution in [0.4, 0.5) is 0 Å². The Bertz CT molecular complexity index is 244. The van der Waals surface area contributed by atoms with Gasteiger partial charge in [0.2, 0.25) is 0 Å². The summed E-state index contributed by atoms with van der Waals surface area (Å²) in [6, 6.07) is 0. The van der Waals surface area contributed by atoms with Gasteiger partial charge in [0.05, 0.1) is 0 Å². The highest BCUT2D eigenvalue weighted by Crippen LogP contribution is 2.17. The normalized spacial score (nSPS) is 16.9. The maximum Gasteiger partial charge on any atom is 0.330 e. The van der Waals surface area contributed by atoms with Crippen molar-refractivity contribution in [3.8, 4) is 0 Å². The Balaban J connectivity index is 4.37. The Kier molecular flexibility index (Phi) is 5.68. The molecule has 0 radical (unpaired) electrons. The van der Waals surface area contributed by atoms with Gasteiger partial charge in [-0.25, -0.2) is 4.79 Å². The maximum absolute atomic E-state index is 10.4. The number of carboxylic acid groups (broad SMARTS) is 1. The molecule has 14 heavy (non-hydrogen) atoms. The molecule has 0 amide bonds. The molecule has 0 unspecified atom stereocenters. The lowest BCUT2D eigenvalue weighted by atomic mass is 9.92. The molecule has 3 N–H and O–H groups in total. The van der Waals surface area contributed by atoms with Crippen LogP contribution in [0.2, 0.25) is 0 Å². The van der Waals surface area contributed by atoms with E-state index in [1.807, 2.05) is 13.8 Å². The van der Waals surface area contributed by atoms with Crippen LogP contribution in [0, 0.1) is 11.8 Å². The zero-order valence-electron chi connectivity index (χ0n) is 9.03. The molecule has 0 saturated carbocycles. The van der Waals surface area contributed by atoms with Crippen molar-refractivity contribution in [1.82, 2.24) is 0 Å². The van der Waals surface area contributed by atoms with E-state index in [1.54, 1.807) is 0 Å². The lowest BCUT2D eigenvalue weighted by Crippen LogP contribution is -2.16. The Morgan fingerprint density at radius 3 is 2.50 bits per heavy atom. The third kappa shape index (κ3) is 4.70. The second kappa shape index (κ2) is 6.24. The summed E-state index contributed by atoms with van der Waals surface area (Å²) in [6.45, 7) is 6.02. The first kappa shape index (κ1) is 12.8. The fourth-order valence-electron chi connectivity index (χ4n) is 1.09. The largest absolute Gasteiger partial charge is 0.478 e. The highest BCUT2D eigenvalue weighted by Gasteiger charge is 2.12. The van der Waals surface area contributed by atoms with Crippen molar-refractivity contribution in [2.24, 2.45) is 17.6 Å². The summed E-state index contributed by atoms with van der Waals surface area (Å²) in [5.41, 5.74) is 6.06. The predicted octanol–water partition coefficient (Wildman–Crippen LogP) is 2.15. The molecule has 80 valence electrons. The van der Waals surface area contributed by atoms with Crippen LogP contribution in [0.15, 0.2) is 23.9 Å². The van der Waals surface area contributed by atoms with E-state index < -0.39 is 5.97 Å². The van der Waals surface area contributed by atoms with Crippen molar-refractivity contribution in [3.63, 3.8) is 0 Å². The number of aliphatic carboxylic acids is 1. The minimum absolute atomic E-state index is 0.0638. The molecule has 0 bridgehead atoms. The van der Waals surface area contributed by atoms with Crippen LogP contribution in [-0.2, 0) is 4.79 Å². The van der Waals surface area contributed by atoms with Gasteiger partial charge in [-0.3, -0.25) is 0 Å². The van der Waals surface area contributed by atoms with E-state index in [9.17, 15) is 4.79 Å². The zero-order valence-corrected chi connectivity index (χ0v) is 9.03. The highest BCUT2D eigenvalue weighted by molar-refractivity contribution is 5.80. The van der Waals surface area contributed by atoms with Crippen LogP contribution >= 0.6 is 0 Å². The SMILES string of the molecule is CC/C=C/[C@@H](C)[C@@H](C)/C(N)=C/C(=O)O. The van der Waals surface area contributed by atoms with Crippen molar-refractivity contribution < 1.29 is 9.90 Å². The molecule has 0 saturated heterocycles. The highest BCUT2D eigenvalue weighted by atomic mass is 16.4. The summed E-state index contributed by atoms with van der Waals surface area (Å²) >= 11 is 0. The standard InChI is InChI=1S/C11H19NO2/c1-4-5-6-8(2)9(3)10(12)7-11(13)14/h5-9H,4,12H2,1-3H3,(H,13,14)/b6-5+,10-7-/t8-,9-/m1/s1. The smallest absolute Gasteiger partial charge is 0.330 e. The van der Waals surface area contributed by atoms with Gasteiger partial charge < -0.3 is 10.8 Å². The fourth-order valence-corrected chi connectivity index (χ4v) is 1.09. The Labute approximate surface area is 85.3 Å². The van der Waals surface area contributed by atoms with Crippen LogP contribution in [0.25, 0.3) is 0 Å². The second-order valence-electron chi connectivity index (χ2n) is 3.47. The number of rotatable bonds is 5. The Morgan fingerprint density at radius 2 is 2.07 bits per heavy atom. The lowest BCUT2D eigenvalue weighted by molar-refractivity contribution is -0.131. The van der Waals surface area contributed by atoms with Gasteiger partial charge in [0.15, 0.2) is 0 Å². The molecular formula is C11H19NO2. The van der Waals surface area contributed by atoms with Crippen LogP contribution in [0.5, 0.6) is 0 Å². The maximum atomic E-state index is 10.4. The van der Waals surface area contributed by atoms with Gasteiger partial charge in [-0.05, 0) is 12.3 Å². The molecule has 0 heterocycles.